The first kappa shape index (κ1) is 18.1. The maximum absolute atomic E-state index is 12.6. The number of hydrogen-bond acceptors (Lipinski definition) is 4. The molecule has 3 aromatic rings. The summed E-state index contributed by atoms with van der Waals surface area (Å²) in [6.07, 6.45) is 1.73. The predicted molar refractivity (Wildman–Crippen MR) is 102 cm³/mol. The molecule has 6 nitrogen and oxygen atoms in total. The fourth-order valence-electron chi connectivity index (χ4n) is 2.41. The Kier molecular flexibility index (Phi) is 5.34. The lowest BCUT2D eigenvalue weighted by Gasteiger charge is -2.10. The van der Waals surface area contributed by atoms with Gasteiger partial charge in [0.1, 0.15) is 5.69 Å². The number of carbonyl (C=O) groups excluding carboxylic acids is 3. The van der Waals surface area contributed by atoms with E-state index in [9.17, 15) is 14.4 Å². The Morgan fingerprint density at radius 1 is 1.00 bits per heavy atom. The highest BCUT2D eigenvalue weighted by Gasteiger charge is 2.19. The number of hydrogen-bond donors (Lipinski definition) is 2. The van der Waals surface area contributed by atoms with E-state index in [-0.39, 0.29) is 16.9 Å². The molecule has 132 valence electrons. The molecule has 26 heavy (non-hydrogen) atoms. The Labute approximate surface area is 161 Å². The van der Waals surface area contributed by atoms with Gasteiger partial charge < -0.3 is 4.57 Å². The lowest BCUT2D eigenvalue weighted by Crippen LogP contribution is -2.42. The summed E-state index contributed by atoms with van der Waals surface area (Å²) in [6, 6.07) is 11.6. The molecule has 0 spiro atoms. The minimum absolute atomic E-state index is 0.194. The van der Waals surface area contributed by atoms with Crippen molar-refractivity contribution in [1.29, 1.82) is 0 Å². The number of aryl methyl sites for hydroxylation is 1. The first-order valence-corrected chi connectivity index (χ1v) is 9.24. The van der Waals surface area contributed by atoms with Crippen LogP contribution in [-0.4, -0.2) is 22.2 Å². The van der Waals surface area contributed by atoms with Gasteiger partial charge in [0, 0.05) is 23.3 Å². The number of benzene rings is 1. The second-order valence-corrected chi connectivity index (χ2v) is 7.28. The van der Waals surface area contributed by atoms with E-state index in [0.29, 0.717) is 10.6 Å². The fraction of sp³-hybridized carbons (Fsp3) is 0.0556. The average molecular weight is 432 g/mol. The summed E-state index contributed by atoms with van der Waals surface area (Å²) in [4.78, 5) is 37.8. The van der Waals surface area contributed by atoms with Crippen molar-refractivity contribution < 1.29 is 14.4 Å². The van der Waals surface area contributed by atoms with Gasteiger partial charge >= 0.3 is 0 Å². The maximum atomic E-state index is 12.6. The molecule has 2 aromatic heterocycles. The van der Waals surface area contributed by atoms with Gasteiger partial charge in [0.15, 0.2) is 0 Å². The molecule has 2 amide bonds. The second kappa shape index (κ2) is 7.67. The number of hydrazine groups is 1. The van der Waals surface area contributed by atoms with E-state index < -0.39 is 11.8 Å². The van der Waals surface area contributed by atoms with Crippen molar-refractivity contribution in [1.82, 2.24) is 15.4 Å². The van der Waals surface area contributed by atoms with Gasteiger partial charge in [-0.3, -0.25) is 25.2 Å². The first-order valence-electron chi connectivity index (χ1n) is 7.57. The molecule has 2 heterocycles. The Morgan fingerprint density at radius 2 is 1.69 bits per heavy atom. The van der Waals surface area contributed by atoms with Crippen molar-refractivity contribution in [2.24, 2.45) is 7.05 Å². The minimum atomic E-state index is -0.563. The van der Waals surface area contributed by atoms with E-state index in [0.717, 1.165) is 4.47 Å². The van der Waals surface area contributed by atoms with Gasteiger partial charge in [0.25, 0.3) is 11.8 Å². The lowest BCUT2D eigenvalue weighted by molar-refractivity contribution is 0.0840. The van der Waals surface area contributed by atoms with Crippen molar-refractivity contribution in [2.45, 2.75) is 0 Å². The first-order chi connectivity index (χ1) is 12.5. The van der Waals surface area contributed by atoms with Crippen molar-refractivity contribution in [3.05, 3.63) is 80.2 Å². The number of nitrogens with one attached hydrogen (secondary N) is 2. The zero-order chi connectivity index (χ0) is 18.7. The molecule has 0 atom stereocenters. The van der Waals surface area contributed by atoms with E-state index in [1.54, 1.807) is 65.7 Å². The van der Waals surface area contributed by atoms with Crippen LogP contribution in [0.4, 0.5) is 0 Å². The number of rotatable bonds is 4. The smallest absolute Gasteiger partial charge is 0.286 e. The number of amides is 2. The van der Waals surface area contributed by atoms with Crippen LogP contribution < -0.4 is 10.9 Å². The molecule has 0 radical (unpaired) electrons. The van der Waals surface area contributed by atoms with Gasteiger partial charge in [-0.05, 0) is 39.5 Å². The standard InChI is InChI=1S/C18H14BrN3O3S/c1-22-10-11(19)9-14(22)18(25)21-20-17(24)13-6-3-2-5-12(13)16(23)15-7-4-8-26-15/h2-10H,1H3,(H,20,24)(H,21,25). The molecular formula is C18H14BrN3O3S. The van der Waals surface area contributed by atoms with Gasteiger partial charge in [0.2, 0.25) is 5.78 Å². The lowest BCUT2D eigenvalue weighted by atomic mass is 10.0. The summed E-state index contributed by atoms with van der Waals surface area (Å²) in [5.41, 5.74) is 5.57. The molecule has 8 heteroatoms. The number of aromatic nitrogens is 1. The van der Waals surface area contributed by atoms with Gasteiger partial charge in [-0.15, -0.1) is 11.3 Å². The molecule has 0 aliphatic heterocycles. The molecule has 0 saturated heterocycles. The van der Waals surface area contributed by atoms with Crippen LogP contribution in [0.15, 0.2) is 58.5 Å². The predicted octanol–water partition coefficient (Wildman–Crippen LogP) is 3.15. The van der Waals surface area contributed by atoms with E-state index in [1.165, 1.54) is 11.3 Å². The minimum Gasteiger partial charge on any atom is -0.345 e. The summed E-state index contributed by atoms with van der Waals surface area (Å²) in [7, 11) is 1.72. The summed E-state index contributed by atoms with van der Waals surface area (Å²) < 4.78 is 2.38. The van der Waals surface area contributed by atoms with Crippen LogP contribution in [0.5, 0.6) is 0 Å². The third-order valence-corrected chi connectivity index (χ3v) is 4.96. The molecular weight excluding hydrogens is 418 g/mol. The van der Waals surface area contributed by atoms with Gasteiger partial charge in [0.05, 0.1) is 10.4 Å². The summed E-state index contributed by atoms with van der Waals surface area (Å²) in [5.74, 6) is -1.26. The highest BCUT2D eigenvalue weighted by Crippen LogP contribution is 2.18. The average Bonchev–Trinajstić information content (AvgIpc) is 3.28. The molecule has 3 rings (SSSR count). The topological polar surface area (TPSA) is 80.2 Å². The normalized spacial score (nSPS) is 10.4. The largest absolute Gasteiger partial charge is 0.345 e. The Bertz CT molecular complexity index is 979. The van der Waals surface area contributed by atoms with E-state index >= 15 is 0 Å². The number of nitrogens with zero attached hydrogens (tertiary/aromatic N) is 1. The molecule has 0 bridgehead atoms. The van der Waals surface area contributed by atoms with Gasteiger partial charge in [-0.1, -0.05) is 24.3 Å². The molecule has 0 aliphatic carbocycles. The van der Waals surface area contributed by atoms with Crippen molar-refractivity contribution >= 4 is 44.9 Å². The van der Waals surface area contributed by atoms with Crippen LogP contribution in [0, 0.1) is 0 Å². The second-order valence-electron chi connectivity index (χ2n) is 5.41. The zero-order valence-corrected chi connectivity index (χ0v) is 16.1. The summed E-state index contributed by atoms with van der Waals surface area (Å²) in [5, 5.41) is 1.80. The molecule has 1 aromatic carbocycles. The molecule has 0 saturated carbocycles. The van der Waals surface area contributed by atoms with Crippen molar-refractivity contribution in [3.63, 3.8) is 0 Å². The van der Waals surface area contributed by atoms with Crippen LogP contribution in [0.1, 0.15) is 36.1 Å². The highest BCUT2D eigenvalue weighted by atomic mass is 79.9. The third kappa shape index (κ3) is 3.76. The van der Waals surface area contributed by atoms with Gasteiger partial charge in [-0.25, -0.2) is 0 Å². The zero-order valence-electron chi connectivity index (χ0n) is 13.7. The molecule has 2 N–H and O–H groups in total. The van der Waals surface area contributed by atoms with Crippen molar-refractivity contribution in [3.8, 4) is 0 Å². The summed E-state index contributed by atoms with van der Waals surface area (Å²) in [6.45, 7) is 0. The maximum Gasteiger partial charge on any atom is 0.286 e. The molecule has 0 unspecified atom stereocenters. The van der Waals surface area contributed by atoms with Crippen LogP contribution >= 0.6 is 27.3 Å². The SMILES string of the molecule is Cn1cc(Br)cc1C(=O)NNC(=O)c1ccccc1C(=O)c1cccs1. The van der Waals surface area contributed by atoms with Gasteiger partial charge in [-0.2, -0.15) is 0 Å². The van der Waals surface area contributed by atoms with E-state index in [1.807, 2.05) is 0 Å². The van der Waals surface area contributed by atoms with Crippen molar-refractivity contribution in [2.75, 3.05) is 0 Å². The number of carbonyl (C=O) groups is 3. The number of thiophene rings is 1. The fourth-order valence-corrected chi connectivity index (χ4v) is 3.62. The molecule has 0 aliphatic rings. The Balaban J connectivity index is 1.75. The van der Waals surface area contributed by atoms with E-state index in [4.69, 9.17) is 0 Å². The van der Waals surface area contributed by atoms with Crippen LogP contribution in [0.25, 0.3) is 0 Å². The molecule has 0 fully saturated rings. The monoisotopic (exact) mass is 431 g/mol. The number of halogens is 1. The number of ketones is 1. The van der Waals surface area contributed by atoms with Crippen LogP contribution in [0.2, 0.25) is 0 Å². The highest BCUT2D eigenvalue weighted by molar-refractivity contribution is 9.10. The Morgan fingerprint density at radius 3 is 2.31 bits per heavy atom. The Hall–Kier alpha value is -2.71. The third-order valence-electron chi connectivity index (χ3n) is 3.66. The summed E-state index contributed by atoms with van der Waals surface area (Å²) >= 11 is 4.60. The van der Waals surface area contributed by atoms with E-state index in [2.05, 4.69) is 26.8 Å². The van der Waals surface area contributed by atoms with Crippen LogP contribution in [0.3, 0.4) is 0 Å². The van der Waals surface area contributed by atoms with Crippen LogP contribution in [-0.2, 0) is 7.05 Å². The quantitative estimate of drug-likeness (QED) is 0.491.